The number of fused-ring (bicyclic) bond motifs is 3. The molecule has 1 heterocycles. The van der Waals surface area contributed by atoms with Crippen molar-refractivity contribution in [2.24, 2.45) is 0 Å². The SMILES string of the molecule is C=C/C=C(\C=C)C1(c2ccsc2)c2ccccc2-c2ccccc21.CC. The summed E-state index contributed by atoms with van der Waals surface area (Å²) in [5.41, 5.74) is 7.37. The van der Waals surface area contributed by atoms with Crippen LogP contribution in [0.4, 0.5) is 0 Å². The maximum atomic E-state index is 4.11. The van der Waals surface area contributed by atoms with Crippen LogP contribution in [0.3, 0.4) is 0 Å². The van der Waals surface area contributed by atoms with Crippen molar-refractivity contribution in [2.75, 3.05) is 0 Å². The molecule has 1 heteroatoms. The molecule has 0 radical (unpaired) electrons. The van der Waals surface area contributed by atoms with Gasteiger partial charge in [-0.1, -0.05) is 93.8 Å². The molecule has 0 unspecified atom stereocenters. The quantitative estimate of drug-likeness (QED) is 0.428. The van der Waals surface area contributed by atoms with E-state index in [0.717, 1.165) is 5.57 Å². The Morgan fingerprint density at radius 3 is 1.92 bits per heavy atom. The Kier molecular flexibility index (Phi) is 5.39. The Bertz CT molecular complexity index is 896. The minimum absolute atomic E-state index is 0.316. The molecule has 26 heavy (non-hydrogen) atoms. The zero-order valence-electron chi connectivity index (χ0n) is 15.4. The van der Waals surface area contributed by atoms with E-state index in [1.54, 1.807) is 11.3 Å². The molecule has 0 amide bonds. The van der Waals surface area contributed by atoms with Gasteiger partial charge in [-0.2, -0.15) is 11.3 Å². The van der Waals surface area contributed by atoms with Crippen molar-refractivity contribution in [1.82, 2.24) is 0 Å². The molecular formula is C25H24S. The van der Waals surface area contributed by atoms with E-state index in [4.69, 9.17) is 0 Å². The highest BCUT2D eigenvalue weighted by Gasteiger charge is 2.46. The Morgan fingerprint density at radius 2 is 1.46 bits per heavy atom. The second-order valence-electron chi connectivity index (χ2n) is 5.92. The monoisotopic (exact) mass is 356 g/mol. The molecule has 0 spiro atoms. The van der Waals surface area contributed by atoms with E-state index in [-0.39, 0.29) is 5.41 Å². The highest BCUT2D eigenvalue weighted by molar-refractivity contribution is 7.08. The van der Waals surface area contributed by atoms with Gasteiger partial charge in [-0.05, 0) is 50.2 Å². The fraction of sp³-hybridized carbons (Fsp3) is 0.120. The van der Waals surface area contributed by atoms with Crippen molar-refractivity contribution in [1.29, 1.82) is 0 Å². The lowest BCUT2D eigenvalue weighted by Crippen LogP contribution is -2.28. The molecule has 2 aromatic carbocycles. The second-order valence-corrected chi connectivity index (χ2v) is 6.70. The van der Waals surface area contributed by atoms with Crippen molar-refractivity contribution in [3.8, 4) is 11.1 Å². The van der Waals surface area contributed by atoms with Crippen molar-refractivity contribution < 1.29 is 0 Å². The van der Waals surface area contributed by atoms with Crippen LogP contribution in [0.1, 0.15) is 30.5 Å². The smallest absolute Gasteiger partial charge is 0.0721 e. The van der Waals surface area contributed by atoms with E-state index >= 15 is 0 Å². The molecule has 1 aromatic heterocycles. The Labute approximate surface area is 160 Å². The molecule has 0 saturated carbocycles. The standard InChI is InChI=1S/C23H18S.C2H6/c1-3-9-17(4-2)23(18-14-15-24-16-18)21-12-7-5-10-19(21)20-11-6-8-13-22(20)23;1-2/h3-16H,1-2H2;1-2H3/b17-9+;. The molecule has 0 atom stereocenters. The summed E-state index contributed by atoms with van der Waals surface area (Å²) in [6.07, 6.45) is 5.91. The van der Waals surface area contributed by atoms with Gasteiger partial charge in [0.2, 0.25) is 0 Å². The molecule has 3 aromatic rings. The van der Waals surface area contributed by atoms with Crippen LogP contribution in [-0.2, 0) is 5.41 Å². The number of rotatable bonds is 4. The van der Waals surface area contributed by atoms with E-state index in [0.29, 0.717) is 0 Å². The zero-order valence-corrected chi connectivity index (χ0v) is 16.2. The maximum Gasteiger partial charge on any atom is 0.0721 e. The van der Waals surface area contributed by atoms with Crippen LogP contribution in [0.2, 0.25) is 0 Å². The zero-order chi connectivity index (χ0) is 18.6. The molecular weight excluding hydrogens is 332 g/mol. The Hall–Kier alpha value is -2.64. The molecule has 0 fully saturated rings. The average molecular weight is 357 g/mol. The lowest BCUT2D eigenvalue weighted by atomic mass is 9.68. The lowest BCUT2D eigenvalue weighted by molar-refractivity contribution is 0.772. The van der Waals surface area contributed by atoms with Gasteiger partial charge in [0.25, 0.3) is 0 Å². The van der Waals surface area contributed by atoms with Crippen LogP contribution < -0.4 is 0 Å². The predicted molar refractivity (Wildman–Crippen MR) is 116 cm³/mol. The van der Waals surface area contributed by atoms with Gasteiger partial charge in [-0.25, -0.2) is 0 Å². The van der Waals surface area contributed by atoms with Crippen LogP contribution in [0.25, 0.3) is 11.1 Å². The maximum absolute atomic E-state index is 4.11. The molecule has 4 rings (SSSR count). The first-order chi connectivity index (χ1) is 12.8. The first kappa shape index (κ1) is 18.2. The Morgan fingerprint density at radius 1 is 0.885 bits per heavy atom. The van der Waals surface area contributed by atoms with Gasteiger partial charge in [0, 0.05) is 0 Å². The number of thiophene rings is 1. The van der Waals surface area contributed by atoms with Gasteiger partial charge in [-0.15, -0.1) is 0 Å². The minimum atomic E-state index is -0.316. The van der Waals surface area contributed by atoms with E-state index < -0.39 is 0 Å². The summed E-state index contributed by atoms with van der Waals surface area (Å²) in [5, 5.41) is 4.40. The second kappa shape index (κ2) is 7.72. The van der Waals surface area contributed by atoms with E-state index in [1.807, 2.05) is 26.0 Å². The lowest BCUT2D eigenvalue weighted by Gasteiger charge is -2.33. The van der Waals surface area contributed by atoms with Crippen LogP contribution >= 0.6 is 11.3 Å². The van der Waals surface area contributed by atoms with Crippen LogP contribution in [0.5, 0.6) is 0 Å². The predicted octanol–water partition coefficient (Wildman–Crippen LogP) is 7.39. The first-order valence-electron chi connectivity index (χ1n) is 9.01. The van der Waals surface area contributed by atoms with E-state index in [9.17, 15) is 0 Å². The average Bonchev–Trinajstić information content (AvgIpc) is 3.33. The fourth-order valence-corrected chi connectivity index (χ4v) is 4.68. The molecule has 130 valence electrons. The van der Waals surface area contributed by atoms with Gasteiger partial charge in [-0.3, -0.25) is 0 Å². The van der Waals surface area contributed by atoms with Crippen LogP contribution in [0, 0.1) is 0 Å². The summed E-state index contributed by atoms with van der Waals surface area (Å²) in [6, 6.07) is 19.6. The van der Waals surface area contributed by atoms with Gasteiger partial charge < -0.3 is 0 Å². The summed E-state index contributed by atoms with van der Waals surface area (Å²) in [5.74, 6) is 0. The molecule has 0 saturated heterocycles. The largest absolute Gasteiger partial charge is 0.152 e. The highest BCUT2D eigenvalue weighted by Crippen LogP contribution is 2.56. The Balaban J connectivity index is 0.000000948. The number of hydrogen-bond acceptors (Lipinski definition) is 1. The van der Waals surface area contributed by atoms with Crippen molar-refractivity contribution in [3.05, 3.63) is 119 Å². The summed E-state index contributed by atoms with van der Waals surface area (Å²) in [4.78, 5) is 0. The molecule has 1 aliphatic carbocycles. The first-order valence-corrected chi connectivity index (χ1v) is 9.96. The topological polar surface area (TPSA) is 0 Å². The van der Waals surface area contributed by atoms with Gasteiger partial charge in [0.05, 0.1) is 5.41 Å². The third kappa shape index (κ3) is 2.51. The summed E-state index contributed by atoms with van der Waals surface area (Å²) >= 11 is 1.73. The normalized spacial score (nSPS) is 13.8. The summed E-state index contributed by atoms with van der Waals surface area (Å²) < 4.78 is 0. The fourth-order valence-electron chi connectivity index (χ4n) is 3.97. The van der Waals surface area contributed by atoms with Gasteiger partial charge in [0.1, 0.15) is 0 Å². The van der Waals surface area contributed by atoms with Crippen molar-refractivity contribution in [3.63, 3.8) is 0 Å². The molecule has 0 aliphatic heterocycles. The van der Waals surface area contributed by atoms with E-state index in [1.165, 1.54) is 27.8 Å². The molecule has 0 N–H and O–H groups in total. The van der Waals surface area contributed by atoms with Crippen molar-refractivity contribution in [2.45, 2.75) is 19.3 Å². The van der Waals surface area contributed by atoms with Crippen LogP contribution in [0.15, 0.2) is 102 Å². The highest BCUT2D eigenvalue weighted by atomic mass is 32.1. The molecule has 0 bridgehead atoms. The van der Waals surface area contributed by atoms with Crippen molar-refractivity contribution >= 4 is 11.3 Å². The minimum Gasteiger partial charge on any atom is -0.152 e. The summed E-state index contributed by atoms with van der Waals surface area (Å²) in [6.45, 7) is 12.0. The number of benzene rings is 2. The van der Waals surface area contributed by atoms with Crippen LogP contribution in [-0.4, -0.2) is 0 Å². The van der Waals surface area contributed by atoms with Gasteiger partial charge >= 0.3 is 0 Å². The van der Waals surface area contributed by atoms with E-state index in [2.05, 4.69) is 84.6 Å². The number of hydrogen-bond donors (Lipinski definition) is 0. The summed E-state index contributed by atoms with van der Waals surface area (Å²) in [7, 11) is 0. The molecule has 1 aliphatic rings. The molecule has 0 nitrogen and oxygen atoms in total. The van der Waals surface area contributed by atoms with Gasteiger partial charge in [0.15, 0.2) is 0 Å². The number of allylic oxidation sites excluding steroid dienone is 4. The third-order valence-electron chi connectivity index (χ3n) is 4.86. The third-order valence-corrected chi connectivity index (χ3v) is 5.54.